The quantitative estimate of drug-likeness (QED) is 0.704. The molecule has 0 N–H and O–H groups in total. The molecule has 0 aromatic carbocycles. The van der Waals surface area contributed by atoms with Crippen molar-refractivity contribution in [1.82, 2.24) is 9.97 Å². The van der Waals surface area contributed by atoms with Crippen molar-refractivity contribution < 1.29 is 9.53 Å². The Labute approximate surface area is 88.7 Å². The van der Waals surface area contributed by atoms with Crippen LogP contribution in [0.3, 0.4) is 0 Å². The highest BCUT2D eigenvalue weighted by Gasteiger charge is 2.40. The van der Waals surface area contributed by atoms with E-state index in [-0.39, 0.29) is 17.8 Å². The molecular formula is C11H14N2O2. The fraction of sp³-hybridized carbons (Fsp3) is 0.545. The van der Waals surface area contributed by atoms with Crippen LogP contribution in [-0.4, -0.2) is 22.5 Å². The molecule has 1 heterocycles. The molecule has 1 aromatic rings. The minimum atomic E-state index is -0.110. The van der Waals surface area contributed by atoms with E-state index in [0.717, 1.165) is 18.7 Å². The van der Waals surface area contributed by atoms with Gasteiger partial charge in [0.25, 0.3) is 0 Å². The van der Waals surface area contributed by atoms with E-state index < -0.39 is 0 Å². The Hall–Kier alpha value is -1.45. The minimum Gasteiger partial charge on any atom is -0.466 e. The van der Waals surface area contributed by atoms with Crippen LogP contribution >= 0.6 is 0 Å². The first kappa shape index (κ1) is 10.1. The van der Waals surface area contributed by atoms with Crippen LogP contribution in [0.25, 0.3) is 0 Å². The lowest BCUT2D eigenvalue weighted by Crippen LogP contribution is -2.33. The van der Waals surface area contributed by atoms with E-state index in [1.165, 1.54) is 0 Å². The molecule has 2 unspecified atom stereocenters. The average molecular weight is 206 g/mol. The van der Waals surface area contributed by atoms with Crippen LogP contribution in [-0.2, 0) is 9.53 Å². The Balaban J connectivity index is 2.03. The minimum absolute atomic E-state index is 0.0349. The molecule has 1 aliphatic carbocycles. The smallest absolute Gasteiger partial charge is 0.309 e. The van der Waals surface area contributed by atoms with E-state index in [0.29, 0.717) is 6.61 Å². The van der Waals surface area contributed by atoms with Crippen molar-refractivity contribution in [2.24, 2.45) is 5.92 Å². The Morgan fingerprint density at radius 2 is 2.20 bits per heavy atom. The van der Waals surface area contributed by atoms with Crippen LogP contribution in [0, 0.1) is 5.92 Å². The summed E-state index contributed by atoms with van der Waals surface area (Å²) in [4.78, 5) is 19.9. The molecule has 0 saturated heterocycles. The molecule has 4 heteroatoms. The van der Waals surface area contributed by atoms with Crippen molar-refractivity contribution in [1.29, 1.82) is 0 Å². The van der Waals surface area contributed by atoms with E-state index in [1.807, 2.05) is 6.92 Å². The van der Waals surface area contributed by atoms with E-state index in [4.69, 9.17) is 4.74 Å². The number of nitrogens with zero attached hydrogens (tertiary/aromatic N) is 2. The van der Waals surface area contributed by atoms with Gasteiger partial charge < -0.3 is 4.74 Å². The fourth-order valence-electron chi connectivity index (χ4n) is 1.84. The van der Waals surface area contributed by atoms with Crippen LogP contribution in [0.2, 0.25) is 0 Å². The summed E-state index contributed by atoms with van der Waals surface area (Å²) < 4.78 is 5.00. The summed E-state index contributed by atoms with van der Waals surface area (Å²) in [7, 11) is 0. The standard InChI is InChI=1S/C11H14N2O2/c1-2-15-11(14)9-5-4-8(9)10-12-6-3-7-13-10/h3,6-9H,2,4-5H2,1H3. The van der Waals surface area contributed by atoms with Gasteiger partial charge in [0.1, 0.15) is 5.82 Å². The van der Waals surface area contributed by atoms with Gasteiger partial charge >= 0.3 is 5.97 Å². The Bertz CT molecular complexity index is 340. The van der Waals surface area contributed by atoms with E-state index in [1.54, 1.807) is 18.5 Å². The van der Waals surface area contributed by atoms with Crippen molar-refractivity contribution in [3.63, 3.8) is 0 Å². The molecule has 1 aromatic heterocycles. The lowest BCUT2D eigenvalue weighted by Gasteiger charge is -2.33. The summed E-state index contributed by atoms with van der Waals surface area (Å²) in [5, 5.41) is 0. The maximum atomic E-state index is 11.5. The lowest BCUT2D eigenvalue weighted by molar-refractivity contribution is -0.152. The predicted molar refractivity (Wildman–Crippen MR) is 54.1 cm³/mol. The molecule has 2 rings (SSSR count). The Morgan fingerprint density at radius 3 is 2.73 bits per heavy atom. The highest BCUT2D eigenvalue weighted by atomic mass is 16.5. The summed E-state index contributed by atoms with van der Waals surface area (Å²) in [6.07, 6.45) is 5.29. The van der Waals surface area contributed by atoms with E-state index in [2.05, 4.69) is 9.97 Å². The predicted octanol–water partition coefficient (Wildman–Crippen LogP) is 1.53. The number of rotatable bonds is 3. The maximum Gasteiger partial charge on any atom is 0.309 e. The average Bonchev–Trinajstić information content (AvgIpc) is 2.18. The number of hydrogen-bond acceptors (Lipinski definition) is 4. The second-order valence-electron chi connectivity index (χ2n) is 3.65. The Kier molecular flexibility index (Phi) is 2.94. The van der Waals surface area contributed by atoms with Gasteiger partial charge in [-0.15, -0.1) is 0 Å². The van der Waals surface area contributed by atoms with Crippen molar-refractivity contribution in [2.75, 3.05) is 6.61 Å². The molecule has 1 aliphatic rings. The second kappa shape index (κ2) is 4.38. The van der Waals surface area contributed by atoms with Gasteiger partial charge in [-0.1, -0.05) is 0 Å². The highest BCUT2D eigenvalue weighted by Crippen LogP contribution is 2.41. The first-order chi connectivity index (χ1) is 7.33. The second-order valence-corrected chi connectivity index (χ2v) is 3.65. The molecule has 15 heavy (non-hydrogen) atoms. The van der Waals surface area contributed by atoms with Crippen molar-refractivity contribution >= 4 is 5.97 Å². The van der Waals surface area contributed by atoms with Gasteiger partial charge in [0.05, 0.1) is 12.5 Å². The molecular weight excluding hydrogens is 192 g/mol. The van der Waals surface area contributed by atoms with Crippen LogP contribution < -0.4 is 0 Å². The normalized spacial score (nSPS) is 24.3. The third kappa shape index (κ3) is 1.98. The first-order valence-electron chi connectivity index (χ1n) is 5.26. The molecule has 0 spiro atoms. The summed E-state index contributed by atoms with van der Waals surface area (Å²) in [5.74, 6) is 0.778. The Morgan fingerprint density at radius 1 is 1.47 bits per heavy atom. The molecule has 0 amide bonds. The molecule has 80 valence electrons. The van der Waals surface area contributed by atoms with E-state index in [9.17, 15) is 4.79 Å². The van der Waals surface area contributed by atoms with Crippen LogP contribution in [0.15, 0.2) is 18.5 Å². The number of carbonyl (C=O) groups excluding carboxylic acids is 1. The number of ether oxygens (including phenoxy) is 1. The van der Waals surface area contributed by atoms with E-state index >= 15 is 0 Å². The molecule has 0 bridgehead atoms. The van der Waals surface area contributed by atoms with Crippen LogP contribution in [0.5, 0.6) is 0 Å². The molecule has 1 saturated carbocycles. The molecule has 4 nitrogen and oxygen atoms in total. The number of hydrogen-bond donors (Lipinski definition) is 0. The summed E-state index contributed by atoms with van der Waals surface area (Å²) in [5.41, 5.74) is 0. The first-order valence-corrected chi connectivity index (χ1v) is 5.26. The topological polar surface area (TPSA) is 52.1 Å². The zero-order chi connectivity index (χ0) is 10.7. The van der Waals surface area contributed by atoms with Gasteiger partial charge in [-0.3, -0.25) is 4.79 Å². The SMILES string of the molecule is CCOC(=O)C1CCC1c1ncccn1. The van der Waals surface area contributed by atoms with Crippen molar-refractivity contribution in [3.8, 4) is 0 Å². The number of carbonyl (C=O) groups is 1. The third-order valence-electron chi connectivity index (χ3n) is 2.78. The van der Waals surface area contributed by atoms with Crippen LogP contribution in [0.4, 0.5) is 0 Å². The highest BCUT2D eigenvalue weighted by molar-refractivity contribution is 5.74. The summed E-state index contributed by atoms with van der Waals surface area (Å²) >= 11 is 0. The molecule has 0 radical (unpaired) electrons. The van der Waals surface area contributed by atoms with Gasteiger partial charge in [-0.2, -0.15) is 0 Å². The molecule has 1 fully saturated rings. The van der Waals surface area contributed by atoms with Gasteiger partial charge in [-0.25, -0.2) is 9.97 Å². The fourth-order valence-corrected chi connectivity index (χ4v) is 1.84. The van der Waals surface area contributed by atoms with Gasteiger partial charge in [0, 0.05) is 18.3 Å². The maximum absolute atomic E-state index is 11.5. The van der Waals surface area contributed by atoms with Gasteiger partial charge in [0.15, 0.2) is 0 Å². The zero-order valence-corrected chi connectivity index (χ0v) is 8.72. The van der Waals surface area contributed by atoms with Gasteiger partial charge in [0.2, 0.25) is 0 Å². The van der Waals surface area contributed by atoms with Gasteiger partial charge in [-0.05, 0) is 25.8 Å². The third-order valence-corrected chi connectivity index (χ3v) is 2.78. The van der Waals surface area contributed by atoms with Crippen molar-refractivity contribution in [2.45, 2.75) is 25.7 Å². The number of aromatic nitrogens is 2. The van der Waals surface area contributed by atoms with Crippen molar-refractivity contribution in [3.05, 3.63) is 24.3 Å². The zero-order valence-electron chi connectivity index (χ0n) is 8.72. The lowest BCUT2D eigenvalue weighted by atomic mass is 9.73. The largest absolute Gasteiger partial charge is 0.466 e. The number of esters is 1. The van der Waals surface area contributed by atoms with Crippen LogP contribution in [0.1, 0.15) is 31.5 Å². The summed E-state index contributed by atoms with van der Waals surface area (Å²) in [6.45, 7) is 2.27. The summed E-state index contributed by atoms with van der Waals surface area (Å²) in [6, 6.07) is 1.78. The molecule has 0 aliphatic heterocycles. The monoisotopic (exact) mass is 206 g/mol. The molecule has 2 atom stereocenters.